The van der Waals surface area contributed by atoms with E-state index in [4.69, 9.17) is 16.0 Å². The molecule has 0 aliphatic heterocycles. The van der Waals surface area contributed by atoms with Gasteiger partial charge in [-0.3, -0.25) is 0 Å². The molecule has 0 saturated heterocycles. The summed E-state index contributed by atoms with van der Waals surface area (Å²) in [5, 5.41) is 0. The molecule has 1 atom stereocenters. The van der Waals surface area contributed by atoms with Gasteiger partial charge >= 0.3 is 167 Å². The van der Waals surface area contributed by atoms with Crippen molar-refractivity contribution in [2.45, 2.75) is 97.9 Å². The van der Waals surface area contributed by atoms with E-state index in [1.165, 1.54) is 0 Å². The molecular formula is C21H45N2O3P. The summed E-state index contributed by atoms with van der Waals surface area (Å²) in [5.74, 6) is -0.738. The van der Waals surface area contributed by atoms with Crippen LogP contribution in [0.25, 0.3) is 0 Å². The number of primary amides is 1. The Balaban J connectivity index is 5.74. The first-order valence-corrected chi connectivity index (χ1v) is 14.0. The Hall–Kier alpha value is -0.670. The van der Waals surface area contributed by atoms with E-state index in [0.717, 1.165) is 76.0 Å². The van der Waals surface area contributed by atoms with Crippen molar-refractivity contribution in [3.05, 3.63) is 0 Å². The van der Waals surface area contributed by atoms with Gasteiger partial charge in [-0.1, -0.05) is 0 Å². The fourth-order valence-corrected chi connectivity index (χ4v) is 10.6. The summed E-state index contributed by atoms with van der Waals surface area (Å²) in [6.45, 7) is 6.14. The van der Waals surface area contributed by atoms with E-state index < -0.39 is 18.8 Å². The number of unbranched alkanes of at least 4 members (excludes halogenated alkanes) is 4. The van der Waals surface area contributed by atoms with Crippen LogP contribution in [0.3, 0.4) is 0 Å². The van der Waals surface area contributed by atoms with Gasteiger partial charge in [-0.25, -0.2) is 0 Å². The predicted octanol–water partition coefficient (Wildman–Crippen LogP) is 4.79. The molecule has 6 heteroatoms. The van der Waals surface area contributed by atoms with Gasteiger partial charge < -0.3 is 0 Å². The van der Waals surface area contributed by atoms with Crippen LogP contribution in [0.1, 0.15) is 91.9 Å². The first-order valence-electron chi connectivity index (χ1n) is 11.1. The topological polar surface area (TPSA) is 95.4 Å². The molecule has 162 valence electrons. The third-order valence-electron chi connectivity index (χ3n) is 5.66. The van der Waals surface area contributed by atoms with Crippen LogP contribution in [-0.2, 0) is 14.1 Å². The zero-order valence-electron chi connectivity index (χ0n) is 18.3. The second-order valence-corrected chi connectivity index (χ2v) is 13.9. The molecule has 0 aromatic rings. The average Bonchev–Trinajstić information content (AvgIpc) is 2.66. The zero-order valence-corrected chi connectivity index (χ0v) is 19.2. The molecule has 0 saturated carbocycles. The molecule has 27 heavy (non-hydrogen) atoms. The Bertz CT molecular complexity index is 400. The van der Waals surface area contributed by atoms with Crippen molar-refractivity contribution in [3.8, 4) is 0 Å². The minimum atomic E-state index is -2.65. The van der Waals surface area contributed by atoms with E-state index in [1.54, 1.807) is 0 Å². The molecule has 0 fully saturated rings. The van der Waals surface area contributed by atoms with Gasteiger partial charge in [0.2, 0.25) is 0 Å². The van der Waals surface area contributed by atoms with Crippen LogP contribution >= 0.6 is 6.83 Å². The molecule has 0 aliphatic carbocycles. The second kappa shape index (κ2) is 13.5. The Labute approximate surface area is 167 Å². The molecule has 0 aliphatic rings. The van der Waals surface area contributed by atoms with Gasteiger partial charge in [0.25, 0.3) is 0 Å². The molecule has 0 rings (SSSR count). The summed E-state index contributed by atoms with van der Waals surface area (Å²) in [4.78, 5) is 24.0. The van der Waals surface area contributed by atoms with E-state index in [2.05, 4.69) is 27.7 Å². The molecule has 0 aromatic carbocycles. The Kier molecular flexibility index (Phi) is 13.2. The van der Waals surface area contributed by atoms with Gasteiger partial charge in [-0.05, 0) is 0 Å². The van der Waals surface area contributed by atoms with Gasteiger partial charge in [-0.2, -0.15) is 0 Å². The molecule has 5 nitrogen and oxygen atoms in total. The van der Waals surface area contributed by atoms with Gasteiger partial charge in [0.15, 0.2) is 0 Å². The molecule has 0 heterocycles. The van der Waals surface area contributed by atoms with Crippen molar-refractivity contribution in [3.63, 3.8) is 0 Å². The molecule has 0 bridgehead atoms. The third kappa shape index (κ3) is 9.38. The SMILES string of the molecule is CCCCP(CCCC)(CCCC)(CCCC)OC(=O)[C@H](N)CCC(N)=O. The molecular weight excluding hydrogens is 359 g/mol. The fourth-order valence-electron chi connectivity index (χ4n) is 3.82. The number of hydrogen-bond acceptors (Lipinski definition) is 4. The summed E-state index contributed by atoms with van der Waals surface area (Å²) in [5.41, 5.74) is 11.3. The van der Waals surface area contributed by atoms with Gasteiger partial charge in [0.1, 0.15) is 0 Å². The van der Waals surface area contributed by atoms with E-state index >= 15 is 0 Å². The van der Waals surface area contributed by atoms with Gasteiger partial charge in [-0.15, -0.1) is 0 Å². The number of carbonyl (C=O) groups excluding carboxylic acids is 2. The fraction of sp³-hybridized carbons (Fsp3) is 0.905. The first kappa shape index (κ1) is 26.3. The quantitative estimate of drug-likeness (QED) is 0.341. The number of carbonyl (C=O) groups is 2. The maximum absolute atomic E-state index is 13.0. The van der Waals surface area contributed by atoms with Crippen LogP contribution in [-0.4, -0.2) is 42.6 Å². The van der Waals surface area contributed by atoms with Gasteiger partial charge in [0, 0.05) is 0 Å². The molecule has 0 unspecified atom stereocenters. The third-order valence-corrected chi connectivity index (χ3v) is 12.1. The summed E-state index contributed by atoms with van der Waals surface area (Å²) >= 11 is 0. The Morgan fingerprint density at radius 2 is 1.19 bits per heavy atom. The van der Waals surface area contributed by atoms with Crippen molar-refractivity contribution in [1.82, 2.24) is 0 Å². The zero-order chi connectivity index (χ0) is 20.8. The van der Waals surface area contributed by atoms with Crippen LogP contribution in [0.2, 0.25) is 0 Å². The van der Waals surface area contributed by atoms with Crippen LogP contribution in [0.5, 0.6) is 0 Å². The Morgan fingerprint density at radius 3 is 1.48 bits per heavy atom. The van der Waals surface area contributed by atoms with Crippen LogP contribution in [0, 0.1) is 0 Å². The van der Waals surface area contributed by atoms with Crippen LogP contribution < -0.4 is 11.5 Å². The van der Waals surface area contributed by atoms with E-state index in [9.17, 15) is 9.59 Å². The minimum absolute atomic E-state index is 0.125. The van der Waals surface area contributed by atoms with Crippen molar-refractivity contribution >= 4 is 18.7 Å². The maximum atomic E-state index is 13.0. The molecule has 4 N–H and O–H groups in total. The van der Waals surface area contributed by atoms with Crippen molar-refractivity contribution < 1.29 is 14.1 Å². The number of rotatable bonds is 17. The Morgan fingerprint density at radius 1 is 0.815 bits per heavy atom. The molecule has 1 amide bonds. The first-order chi connectivity index (χ1) is 12.8. The number of nitrogens with two attached hydrogens (primary N) is 2. The van der Waals surface area contributed by atoms with Crippen molar-refractivity contribution in [1.29, 1.82) is 0 Å². The number of amides is 1. The summed E-state index contributed by atoms with van der Waals surface area (Å²) in [6, 6.07) is -0.759. The summed E-state index contributed by atoms with van der Waals surface area (Å²) < 4.78 is 6.54. The van der Waals surface area contributed by atoms with E-state index in [0.29, 0.717) is 0 Å². The molecule has 0 spiro atoms. The van der Waals surface area contributed by atoms with Crippen LogP contribution in [0.15, 0.2) is 0 Å². The predicted molar refractivity (Wildman–Crippen MR) is 119 cm³/mol. The second-order valence-electron chi connectivity index (χ2n) is 8.19. The van der Waals surface area contributed by atoms with E-state index in [1.807, 2.05) is 0 Å². The monoisotopic (exact) mass is 404 g/mol. The van der Waals surface area contributed by atoms with E-state index in [-0.39, 0.29) is 18.8 Å². The van der Waals surface area contributed by atoms with Crippen LogP contribution in [0.4, 0.5) is 0 Å². The summed E-state index contributed by atoms with van der Waals surface area (Å²) in [6.07, 6.45) is 13.3. The van der Waals surface area contributed by atoms with Crippen molar-refractivity contribution in [2.24, 2.45) is 11.5 Å². The summed E-state index contributed by atoms with van der Waals surface area (Å²) in [7, 11) is 0. The van der Waals surface area contributed by atoms with Crippen molar-refractivity contribution in [2.75, 3.05) is 24.6 Å². The standard InChI is InChI=1S/C21H45N2O3P/c1-5-9-15-27(16-10-6-2,17-11-7-3,18-12-8-4)26-21(25)19(22)13-14-20(23)24/h19H,5-18,22H2,1-4H3,(H2,23,24)/t19-/m1/s1. The molecule has 0 aromatic heterocycles. The number of hydrogen-bond donors (Lipinski definition) is 2. The van der Waals surface area contributed by atoms with Gasteiger partial charge in [0.05, 0.1) is 0 Å². The normalized spacial score (nSPS) is 14.3. The average molecular weight is 405 g/mol. The molecule has 0 radical (unpaired) electrons.